The van der Waals surface area contributed by atoms with Crippen molar-refractivity contribution < 1.29 is 19.4 Å². The fourth-order valence-corrected chi connectivity index (χ4v) is 3.32. The lowest BCUT2D eigenvalue weighted by Gasteiger charge is -2.42. The van der Waals surface area contributed by atoms with Crippen LogP contribution in [0.4, 0.5) is 0 Å². The molecule has 1 fully saturated rings. The molecule has 0 aliphatic carbocycles. The van der Waals surface area contributed by atoms with E-state index in [1.807, 2.05) is 0 Å². The number of aliphatic hydroxyl groups is 1. The van der Waals surface area contributed by atoms with Crippen molar-refractivity contribution in [2.75, 3.05) is 40.5 Å². The maximum Gasteiger partial charge on any atom is 0.254 e. The van der Waals surface area contributed by atoms with Gasteiger partial charge in [-0.3, -0.25) is 4.79 Å². The van der Waals surface area contributed by atoms with Gasteiger partial charge in [0, 0.05) is 42.8 Å². The summed E-state index contributed by atoms with van der Waals surface area (Å²) in [5.74, 6) is 0.478. The van der Waals surface area contributed by atoms with E-state index in [9.17, 15) is 9.90 Å². The molecule has 1 aromatic carbocycles. The quantitative estimate of drug-likeness (QED) is 0.864. The number of piperidine rings is 1. The normalized spacial score (nSPS) is 21.3. The molecule has 0 spiro atoms. The molecule has 2 rings (SSSR count). The molecule has 1 heterocycles. The van der Waals surface area contributed by atoms with Gasteiger partial charge in [0.05, 0.1) is 13.7 Å². The molecule has 128 valence electrons. The van der Waals surface area contributed by atoms with E-state index in [0.29, 0.717) is 36.0 Å². The van der Waals surface area contributed by atoms with Gasteiger partial charge < -0.3 is 19.5 Å². The number of amides is 1. The SMILES string of the molecule is COCCC1(CO)CCCN(C(=O)c2cc(Cl)cc(OC)c2)C1. The van der Waals surface area contributed by atoms with E-state index >= 15 is 0 Å². The van der Waals surface area contributed by atoms with Crippen LogP contribution >= 0.6 is 11.6 Å². The number of benzene rings is 1. The topological polar surface area (TPSA) is 59.0 Å². The van der Waals surface area contributed by atoms with Gasteiger partial charge in [-0.2, -0.15) is 0 Å². The number of methoxy groups -OCH3 is 2. The van der Waals surface area contributed by atoms with Crippen LogP contribution in [-0.2, 0) is 4.74 Å². The molecule has 1 N–H and O–H groups in total. The highest BCUT2D eigenvalue weighted by Gasteiger charge is 2.36. The molecule has 0 radical (unpaired) electrons. The lowest BCUT2D eigenvalue weighted by molar-refractivity contribution is 0.00897. The van der Waals surface area contributed by atoms with Crippen LogP contribution in [0.25, 0.3) is 0 Å². The minimum Gasteiger partial charge on any atom is -0.497 e. The third-order valence-corrected chi connectivity index (χ3v) is 4.69. The van der Waals surface area contributed by atoms with Crippen LogP contribution in [0, 0.1) is 5.41 Å². The smallest absolute Gasteiger partial charge is 0.254 e. The van der Waals surface area contributed by atoms with Crippen molar-refractivity contribution in [3.63, 3.8) is 0 Å². The summed E-state index contributed by atoms with van der Waals surface area (Å²) in [6.45, 7) is 1.84. The van der Waals surface area contributed by atoms with Gasteiger partial charge in [0.25, 0.3) is 5.91 Å². The van der Waals surface area contributed by atoms with Crippen molar-refractivity contribution in [1.29, 1.82) is 0 Å². The molecule has 23 heavy (non-hydrogen) atoms. The zero-order valence-corrected chi connectivity index (χ0v) is 14.4. The van der Waals surface area contributed by atoms with Crippen molar-refractivity contribution >= 4 is 17.5 Å². The molecular formula is C17H24ClNO4. The average Bonchev–Trinajstić information content (AvgIpc) is 2.58. The second kappa shape index (κ2) is 7.99. The summed E-state index contributed by atoms with van der Waals surface area (Å²) in [7, 11) is 3.19. The van der Waals surface area contributed by atoms with E-state index in [0.717, 1.165) is 19.3 Å². The number of rotatable bonds is 6. The van der Waals surface area contributed by atoms with E-state index in [-0.39, 0.29) is 17.9 Å². The fourth-order valence-electron chi connectivity index (χ4n) is 3.10. The first-order chi connectivity index (χ1) is 11.0. The van der Waals surface area contributed by atoms with Crippen LogP contribution < -0.4 is 4.74 Å². The summed E-state index contributed by atoms with van der Waals surface area (Å²) in [5.41, 5.74) is 0.224. The van der Waals surface area contributed by atoms with Gasteiger partial charge in [-0.1, -0.05) is 11.6 Å². The van der Waals surface area contributed by atoms with Crippen molar-refractivity contribution in [3.05, 3.63) is 28.8 Å². The Morgan fingerprint density at radius 2 is 2.17 bits per heavy atom. The zero-order chi connectivity index (χ0) is 16.9. The summed E-state index contributed by atoms with van der Waals surface area (Å²) in [4.78, 5) is 14.6. The van der Waals surface area contributed by atoms with Gasteiger partial charge in [-0.05, 0) is 37.5 Å². The van der Waals surface area contributed by atoms with Crippen LogP contribution in [0.5, 0.6) is 5.75 Å². The Labute approximate surface area is 142 Å². The van der Waals surface area contributed by atoms with E-state index in [1.165, 1.54) is 0 Å². The molecule has 1 aromatic rings. The first-order valence-electron chi connectivity index (χ1n) is 7.77. The second-order valence-electron chi connectivity index (χ2n) is 6.11. The number of nitrogens with zero attached hydrogens (tertiary/aromatic N) is 1. The van der Waals surface area contributed by atoms with E-state index in [4.69, 9.17) is 21.1 Å². The highest BCUT2D eigenvalue weighted by Crippen LogP contribution is 2.34. The number of carbonyl (C=O) groups is 1. The molecule has 0 bridgehead atoms. The third kappa shape index (κ3) is 4.37. The molecule has 6 heteroatoms. The summed E-state index contributed by atoms with van der Waals surface area (Å²) in [6, 6.07) is 5.01. The standard InChI is InChI=1S/C17H24ClNO4/c1-22-7-5-17(12-20)4-3-6-19(11-17)16(21)13-8-14(18)10-15(9-13)23-2/h8-10,20H,3-7,11-12H2,1-2H3. The zero-order valence-electron chi connectivity index (χ0n) is 13.7. The van der Waals surface area contributed by atoms with Crippen molar-refractivity contribution in [2.24, 2.45) is 5.41 Å². The van der Waals surface area contributed by atoms with Gasteiger partial charge in [-0.25, -0.2) is 0 Å². The maximum absolute atomic E-state index is 12.8. The monoisotopic (exact) mass is 341 g/mol. The molecule has 1 atom stereocenters. The highest BCUT2D eigenvalue weighted by atomic mass is 35.5. The summed E-state index contributed by atoms with van der Waals surface area (Å²) in [5, 5.41) is 10.3. The van der Waals surface area contributed by atoms with Gasteiger partial charge in [0.2, 0.25) is 0 Å². The number of hydrogen-bond acceptors (Lipinski definition) is 4. The van der Waals surface area contributed by atoms with Crippen molar-refractivity contribution in [3.8, 4) is 5.75 Å². The Bertz CT molecular complexity index is 551. The Hall–Kier alpha value is -1.30. The molecule has 1 unspecified atom stereocenters. The fraction of sp³-hybridized carbons (Fsp3) is 0.588. The second-order valence-corrected chi connectivity index (χ2v) is 6.55. The summed E-state index contributed by atoms with van der Waals surface area (Å²) < 4.78 is 10.3. The van der Waals surface area contributed by atoms with Gasteiger partial charge in [0.15, 0.2) is 0 Å². The van der Waals surface area contributed by atoms with Gasteiger partial charge in [-0.15, -0.1) is 0 Å². The van der Waals surface area contributed by atoms with Crippen LogP contribution in [0.3, 0.4) is 0 Å². The lowest BCUT2D eigenvalue weighted by atomic mass is 9.78. The Balaban J connectivity index is 2.17. The number of carbonyl (C=O) groups excluding carboxylic acids is 1. The van der Waals surface area contributed by atoms with Gasteiger partial charge >= 0.3 is 0 Å². The number of aliphatic hydroxyl groups excluding tert-OH is 1. The number of ether oxygens (including phenoxy) is 2. The summed E-state index contributed by atoms with van der Waals surface area (Å²) in [6.07, 6.45) is 2.51. The maximum atomic E-state index is 12.8. The first-order valence-corrected chi connectivity index (χ1v) is 8.15. The van der Waals surface area contributed by atoms with E-state index in [2.05, 4.69) is 0 Å². The molecule has 1 aliphatic heterocycles. The van der Waals surface area contributed by atoms with Crippen LogP contribution in [0.2, 0.25) is 5.02 Å². The van der Waals surface area contributed by atoms with Crippen molar-refractivity contribution in [1.82, 2.24) is 4.90 Å². The largest absolute Gasteiger partial charge is 0.497 e. The molecule has 1 aliphatic rings. The van der Waals surface area contributed by atoms with Crippen molar-refractivity contribution in [2.45, 2.75) is 19.3 Å². The molecule has 0 aromatic heterocycles. The first kappa shape index (κ1) is 18.0. The molecule has 1 amide bonds. The Morgan fingerprint density at radius 3 is 2.83 bits per heavy atom. The molecule has 0 saturated carbocycles. The number of likely N-dealkylation sites (tertiary alicyclic amines) is 1. The van der Waals surface area contributed by atoms with Crippen LogP contribution in [0.15, 0.2) is 18.2 Å². The highest BCUT2D eigenvalue weighted by molar-refractivity contribution is 6.31. The lowest BCUT2D eigenvalue weighted by Crippen LogP contribution is -2.48. The Morgan fingerprint density at radius 1 is 1.39 bits per heavy atom. The Kier molecular flexibility index (Phi) is 6.27. The van der Waals surface area contributed by atoms with Gasteiger partial charge in [0.1, 0.15) is 5.75 Å². The van der Waals surface area contributed by atoms with Crippen LogP contribution in [0.1, 0.15) is 29.6 Å². The minimum atomic E-state index is -0.285. The van der Waals surface area contributed by atoms with E-state index < -0.39 is 0 Å². The predicted octanol–water partition coefficient (Wildman–Crippen LogP) is 2.60. The molecule has 5 nitrogen and oxygen atoms in total. The molecule has 1 saturated heterocycles. The molecular weight excluding hydrogens is 318 g/mol. The number of hydrogen-bond donors (Lipinski definition) is 1. The van der Waals surface area contributed by atoms with E-state index in [1.54, 1.807) is 37.3 Å². The predicted molar refractivity (Wildman–Crippen MR) is 89.2 cm³/mol. The summed E-state index contributed by atoms with van der Waals surface area (Å²) >= 11 is 6.06. The third-order valence-electron chi connectivity index (χ3n) is 4.47. The average molecular weight is 342 g/mol. The minimum absolute atomic E-state index is 0.0546. The number of halogens is 1. The van der Waals surface area contributed by atoms with Crippen LogP contribution in [-0.4, -0.2) is 56.4 Å².